The van der Waals surface area contributed by atoms with Gasteiger partial charge in [0, 0.05) is 11.1 Å². The molecule has 5 rings (SSSR count). The standard InChI is InChI=1S/C22H19F3N4O4S/c1-2-31-14-6-4-3-5-13(14)17-19(34-21-27-26-20(22(23,24)25)29(21)28-17)18(30)12-7-8-15-16(11-12)33-10-9-32-15/h3-8,11,17,19,28H,2,9-10H2,1H3. The van der Waals surface area contributed by atoms with Gasteiger partial charge in [-0.25, -0.2) is 4.68 Å². The van der Waals surface area contributed by atoms with Gasteiger partial charge in [-0.1, -0.05) is 30.0 Å². The molecule has 0 spiro atoms. The molecule has 0 fully saturated rings. The first-order valence-electron chi connectivity index (χ1n) is 10.5. The Labute approximate surface area is 196 Å². The molecular formula is C22H19F3N4O4S. The first kappa shape index (κ1) is 22.4. The van der Waals surface area contributed by atoms with Gasteiger partial charge in [0.1, 0.15) is 24.2 Å². The summed E-state index contributed by atoms with van der Waals surface area (Å²) in [5, 5.41) is 6.06. The second-order valence-corrected chi connectivity index (χ2v) is 8.59. The maximum atomic E-state index is 13.7. The van der Waals surface area contributed by atoms with Gasteiger partial charge in [0.2, 0.25) is 5.16 Å². The van der Waals surface area contributed by atoms with Crippen molar-refractivity contribution in [2.75, 3.05) is 25.2 Å². The number of nitrogens with one attached hydrogen (secondary N) is 1. The van der Waals surface area contributed by atoms with Crippen molar-refractivity contribution in [3.8, 4) is 17.2 Å². The molecule has 1 N–H and O–H groups in total. The van der Waals surface area contributed by atoms with Crippen molar-refractivity contribution in [1.29, 1.82) is 0 Å². The van der Waals surface area contributed by atoms with Gasteiger partial charge in [-0.15, -0.1) is 10.2 Å². The highest BCUT2D eigenvalue weighted by Crippen LogP contribution is 2.43. The number of alkyl halides is 3. The van der Waals surface area contributed by atoms with E-state index in [1.54, 1.807) is 49.4 Å². The van der Waals surface area contributed by atoms with Crippen molar-refractivity contribution in [1.82, 2.24) is 14.9 Å². The Morgan fingerprint density at radius 3 is 2.71 bits per heavy atom. The molecular weight excluding hydrogens is 473 g/mol. The van der Waals surface area contributed by atoms with Crippen LogP contribution in [0.4, 0.5) is 13.2 Å². The summed E-state index contributed by atoms with van der Waals surface area (Å²) in [5.74, 6) is -0.0643. The highest BCUT2D eigenvalue weighted by Gasteiger charge is 2.45. The van der Waals surface area contributed by atoms with Crippen LogP contribution in [-0.2, 0) is 6.18 Å². The number of hydrogen-bond donors (Lipinski definition) is 1. The molecule has 0 saturated carbocycles. The zero-order valence-corrected chi connectivity index (χ0v) is 18.7. The third-order valence-corrected chi connectivity index (χ3v) is 6.54. The predicted octanol–water partition coefficient (Wildman–Crippen LogP) is 4.11. The molecule has 0 saturated heterocycles. The van der Waals surface area contributed by atoms with E-state index in [-0.39, 0.29) is 10.9 Å². The zero-order valence-electron chi connectivity index (χ0n) is 17.8. The van der Waals surface area contributed by atoms with Crippen LogP contribution in [0.25, 0.3) is 0 Å². The molecule has 3 aromatic rings. The summed E-state index contributed by atoms with van der Waals surface area (Å²) >= 11 is 0.914. The zero-order chi connectivity index (χ0) is 23.9. The second kappa shape index (κ2) is 8.75. The molecule has 12 heteroatoms. The third-order valence-electron chi connectivity index (χ3n) is 5.33. The van der Waals surface area contributed by atoms with Crippen molar-refractivity contribution in [2.45, 2.75) is 29.5 Å². The molecule has 0 aliphatic carbocycles. The average molecular weight is 492 g/mol. The number of hydrogen-bond acceptors (Lipinski definition) is 8. The number of ketones is 1. The fourth-order valence-corrected chi connectivity index (χ4v) is 5.00. The minimum Gasteiger partial charge on any atom is -0.494 e. The third kappa shape index (κ3) is 4.02. The van der Waals surface area contributed by atoms with Gasteiger partial charge in [-0.3, -0.25) is 4.79 Å². The molecule has 0 amide bonds. The van der Waals surface area contributed by atoms with Crippen molar-refractivity contribution >= 4 is 17.5 Å². The van der Waals surface area contributed by atoms with Gasteiger partial charge in [0.05, 0.1) is 12.6 Å². The number of Topliss-reactive ketones (excluding diaryl/α,β-unsaturated/α-hetero) is 1. The van der Waals surface area contributed by atoms with Gasteiger partial charge in [0.15, 0.2) is 17.3 Å². The van der Waals surface area contributed by atoms with Crippen molar-refractivity contribution < 1.29 is 32.2 Å². The Balaban J connectivity index is 1.58. The molecule has 2 atom stereocenters. The lowest BCUT2D eigenvalue weighted by Crippen LogP contribution is -2.40. The molecule has 0 bridgehead atoms. The Morgan fingerprint density at radius 2 is 1.94 bits per heavy atom. The van der Waals surface area contributed by atoms with Gasteiger partial charge in [0.25, 0.3) is 5.82 Å². The smallest absolute Gasteiger partial charge is 0.453 e. The number of benzene rings is 2. The first-order chi connectivity index (χ1) is 16.4. The number of thioether (sulfide) groups is 1. The van der Waals surface area contributed by atoms with E-state index < -0.39 is 23.3 Å². The topological polar surface area (TPSA) is 87.5 Å². The predicted molar refractivity (Wildman–Crippen MR) is 116 cm³/mol. The van der Waals surface area contributed by atoms with Gasteiger partial charge < -0.3 is 19.6 Å². The van der Waals surface area contributed by atoms with Crippen LogP contribution in [0.15, 0.2) is 47.6 Å². The van der Waals surface area contributed by atoms with E-state index in [2.05, 4.69) is 15.6 Å². The Bertz CT molecular complexity index is 1230. The molecule has 2 aliphatic rings. The van der Waals surface area contributed by atoms with E-state index in [0.29, 0.717) is 48.2 Å². The Kier molecular flexibility index (Phi) is 5.76. The van der Waals surface area contributed by atoms with Gasteiger partial charge >= 0.3 is 6.18 Å². The summed E-state index contributed by atoms with van der Waals surface area (Å²) in [6, 6.07) is 10.9. The molecule has 1 aromatic heterocycles. The molecule has 8 nitrogen and oxygen atoms in total. The lowest BCUT2D eigenvalue weighted by molar-refractivity contribution is -0.147. The molecule has 2 unspecified atom stereocenters. The molecule has 178 valence electrons. The van der Waals surface area contributed by atoms with Crippen LogP contribution in [0.3, 0.4) is 0 Å². The van der Waals surface area contributed by atoms with Crippen molar-refractivity contribution in [3.63, 3.8) is 0 Å². The summed E-state index contributed by atoms with van der Waals surface area (Å²) in [4.78, 5) is 13.7. The fraction of sp³-hybridized carbons (Fsp3) is 0.318. The highest BCUT2D eigenvalue weighted by atomic mass is 32.2. The fourth-order valence-electron chi connectivity index (χ4n) is 3.86. The van der Waals surface area contributed by atoms with Crippen molar-refractivity contribution in [2.24, 2.45) is 0 Å². The maximum absolute atomic E-state index is 13.7. The van der Waals surface area contributed by atoms with Crippen LogP contribution in [-0.4, -0.2) is 45.7 Å². The highest BCUT2D eigenvalue weighted by molar-refractivity contribution is 8.00. The molecule has 0 radical (unpaired) electrons. The number of rotatable bonds is 5. The number of aromatic nitrogens is 3. The molecule has 34 heavy (non-hydrogen) atoms. The van der Waals surface area contributed by atoms with E-state index in [9.17, 15) is 18.0 Å². The maximum Gasteiger partial charge on any atom is 0.453 e. The van der Waals surface area contributed by atoms with Crippen LogP contribution in [0.2, 0.25) is 0 Å². The first-order valence-corrected chi connectivity index (χ1v) is 11.4. The Morgan fingerprint density at radius 1 is 1.18 bits per heavy atom. The Hall–Kier alpha value is -3.41. The molecule has 3 heterocycles. The largest absolute Gasteiger partial charge is 0.494 e. The quantitative estimate of drug-likeness (QED) is 0.533. The number of para-hydroxylation sites is 1. The summed E-state index contributed by atoms with van der Waals surface area (Å²) in [6.07, 6.45) is -4.73. The number of carbonyl (C=O) groups excluding carboxylic acids is 1. The van der Waals surface area contributed by atoms with Gasteiger partial charge in [-0.05, 0) is 31.2 Å². The summed E-state index contributed by atoms with van der Waals surface area (Å²) in [7, 11) is 0. The van der Waals surface area contributed by atoms with Crippen LogP contribution < -0.4 is 19.6 Å². The molecule has 2 aliphatic heterocycles. The summed E-state index contributed by atoms with van der Waals surface area (Å²) < 4.78 is 58.2. The van der Waals surface area contributed by atoms with E-state index in [0.717, 1.165) is 16.4 Å². The normalized spacial score (nSPS) is 19.2. The number of nitrogens with zero attached hydrogens (tertiary/aromatic N) is 3. The number of ether oxygens (including phenoxy) is 3. The van der Waals surface area contributed by atoms with E-state index in [1.165, 1.54) is 0 Å². The average Bonchev–Trinajstić information content (AvgIpc) is 3.27. The van der Waals surface area contributed by atoms with Crippen LogP contribution in [0.1, 0.15) is 34.7 Å². The monoisotopic (exact) mass is 492 g/mol. The number of fused-ring (bicyclic) bond motifs is 2. The van der Waals surface area contributed by atoms with Crippen LogP contribution in [0, 0.1) is 0 Å². The minimum absolute atomic E-state index is 0.0617. The van der Waals surface area contributed by atoms with E-state index >= 15 is 0 Å². The minimum atomic E-state index is -4.73. The van der Waals surface area contributed by atoms with E-state index in [1.807, 2.05) is 0 Å². The second-order valence-electron chi connectivity index (χ2n) is 7.48. The summed E-state index contributed by atoms with van der Waals surface area (Å²) in [6.45, 7) is 2.93. The van der Waals surface area contributed by atoms with Crippen molar-refractivity contribution in [3.05, 3.63) is 59.4 Å². The summed E-state index contributed by atoms with van der Waals surface area (Å²) in [5.41, 5.74) is 3.71. The molecule has 2 aromatic carbocycles. The number of carbonyl (C=O) groups is 1. The number of halogens is 3. The van der Waals surface area contributed by atoms with Crippen LogP contribution >= 0.6 is 11.8 Å². The van der Waals surface area contributed by atoms with Crippen LogP contribution in [0.5, 0.6) is 17.2 Å². The van der Waals surface area contributed by atoms with E-state index in [4.69, 9.17) is 14.2 Å². The lowest BCUT2D eigenvalue weighted by Gasteiger charge is -2.34. The lowest BCUT2D eigenvalue weighted by atomic mass is 9.96. The van der Waals surface area contributed by atoms with Gasteiger partial charge in [-0.2, -0.15) is 13.2 Å². The SMILES string of the molecule is CCOc1ccccc1C1Nn2c(nnc2C(F)(F)F)SC1C(=O)c1ccc2c(c1)OCCO2.